The molecule has 3 aromatic heterocycles. The van der Waals surface area contributed by atoms with Gasteiger partial charge in [0.2, 0.25) is 0 Å². The first-order valence-corrected chi connectivity index (χ1v) is 6.97. The maximum absolute atomic E-state index is 4.61. The molecule has 0 spiro atoms. The zero-order chi connectivity index (χ0) is 12.4. The van der Waals surface area contributed by atoms with Crippen molar-refractivity contribution in [2.24, 2.45) is 0 Å². The van der Waals surface area contributed by atoms with E-state index in [1.165, 1.54) is 0 Å². The van der Waals surface area contributed by atoms with Crippen molar-refractivity contribution in [3.05, 3.63) is 52.8 Å². The fraction of sp³-hybridized carbons (Fsp3) is 0. The summed E-state index contributed by atoms with van der Waals surface area (Å²) < 4.78 is 0.957. The van der Waals surface area contributed by atoms with Gasteiger partial charge in [-0.2, -0.15) is 0 Å². The van der Waals surface area contributed by atoms with E-state index in [2.05, 4.69) is 30.9 Å². The minimum Gasteiger partial charge on any atom is -0.264 e. The lowest BCUT2D eigenvalue weighted by molar-refractivity contribution is 1.28. The quantitative estimate of drug-likeness (QED) is 0.716. The van der Waals surface area contributed by atoms with E-state index in [-0.39, 0.29) is 0 Å². The predicted molar refractivity (Wildman–Crippen MR) is 76.3 cm³/mol. The van der Waals surface area contributed by atoms with Crippen LogP contribution in [0.25, 0.3) is 21.8 Å². The number of halogens is 1. The van der Waals surface area contributed by atoms with Crippen molar-refractivity contribution >= 4 is 27.3 Å². The molecule has 0 amide bonds. The van der Waals surface area contributed by atoms with Crippen molar-refractivity contribution in [2.45, 2.75) is 0 Å². The lowest BCUT2D eigenvalue weighted by Gasteiger charge is -1.96. The highest BCUT2D eigenvalue weighted by Gasteiger charge is 2.07. The van der Waals surface area contributed by atoms with Gasteiger partial charge in [-0.15, -0.1) is 11.3 Å². The summed E-state index contributed by atoms with van der Waals surface area (Å²) >= 11 is 5.02. The van der Waals surface area contributed by atoms with Gasteiger partial charge in [-0.05, 0) is 34.1 Å². The van der Waals surface area contributed by atoms with Gasteiger partial charge in [-0.1, -0.05) is 0 Å². The SMILES string of the molecule is Brc1cncc(-c2nc(-c3cccnc3)cs2)c1. The molecule has 0 N–H and O–H groups in total. The molecule has 0 aromatic carbocycles. The summed E-state index contributed by atoms with van der Waals surface area (Å²) in [6.07, 6.45) is 7.16. The topological polar surface area (TPSA) is 38.7 Å². The Labute approximate surface area is 117 Å². The zero-order valence-corrected chi connectivity index (χ0v) is 11.6. The van der Waals surface area contributed by atoms with Crippen LogP contribution in [0.15, 0.2) is 52.8 Å². The van der Waals surface area contributed by atoms with Crippen LogP contribution in [0.5, 0.6) is 0 Å². The number of rotatable bonds is 2. The van der Waals surface area contributed by atoms with E-state index in [1.54, 1.807) is 23.7 Å². The molecule has 0 aliphatic heterocycles. The molecular formula is C13H8BrN3S. The normalized spacial score (nSPS) is 10.5. The second kappa shape index (κ2) is 4.96. The molecule has 0 atom stereocenters. The van der Waals surface area contributed by atoms with Gasteiger partial charge in [-0.25, -0.2) is 4.98 Å². The second-order valence-corrected chi connectivity index (χ2v) is 5.45. The number of aromatic nitrogens is 3. The fourth-order valence-corrected chi connectivity index (χ4v) is 2.76. The van der Waals surface area contributed by atoms with Crippen molar-refractivity contribution in [1.29, 1.82) is 0 Å². The molecule has 5 heteroatoms. The summed E-state index contributed by atoms with van der Waals surface area (Å²) in [5.41, 5.74) is 3.00. The summed E-state index contributed by atoms with van der Waals surface area (Å²) in [5.74, 6) is 0. The first kappa shape index (κ1) is 11.5. The smallest absolute Gasteiger partial charge is 0.125 e. The van der Waals surface area contributed by atoms with Crippen molar-refractivity contribution in [3.8, 4) is 21.8 Å². The number of thiazole rings is 1. The molecular weight excluding hydrogens is 310 g/mol. The first-order valence-electron chi connectivity index (χ1n) is 5.30. The summed E-state index contributed by atoms with van der Waals surface area (Å²) in [4.78, 5) is 12.9. The van der Waals surface area contributed by atoms with Crippen LogP contribution in [0.3, 0.4) is 0 Å². The minimum atomic E-state index is 0.947. The van der Waals surface area contributed by atoms with Crippen molar-refractivity contribution < 1.29 is 0 Å². The molecule has 0 saturated heterocycles. The fourth-order valence-electron chi connectivity index (χ4n) is 1.58. The van der Waals surface area contributed by atoms with Crippen LogP contribution >= 0.6 is 27.3 Å². The third-order valence-corrected chi connectivity index (χ3v) is 3.74. The third-order valence-electron chi connectivity index (χ3n) is 2.41. The molecule has 0 unspecified atom stereocenters. The Morgan fingerprint density at radius 3 is 2.72 bits per heavy atom. The Kier molecular flexibility index (Phi) is 3.17. The van der Waals surface area contributed by atoms with E-state index in [0.717, 1.165) is 26.3 Å². The van der Waals surface area contributed by atoms with Gasteiger partial charge >= 0.3 is 0 Å². The number of pyridine rings is 2. The summed E-state index contributed by atoms with van der Waals surface area (Å²) in [5, 5.41) is 3.00. The van der Waals surface area contributed by atoms with Crippen LogP contribution in [0.4, 0.5) is 0 Å². The third kappa shape index (κ3) is 2.32. The molecule has 0 bridgehead atoms. The summed E-state index contributed by atoms with van der Waals surface area (Å²) in [6.45, 7) is 0. The Morgan fingerprint density at radius 1 is 1.06 bits per heavy atom. The highest BCUT2D eigenvalue weighted by atomic mass is 79.9. The number of hydrogen-bond acceptors (Lipinski definition) is 4. The van der Waals surface area contributed by atoms with Crippen LogP contribution in [-0.2, 0) is 0 Å². The van der Waals surface area contributed by atoms with Gasteiger partial charge in [0.1, 0.15) is 5.01 Å². The molecule has 3 heterocycles. The Morgan fingerprint density at radius 2 is 1.94 bits per heavy atom. The van der Waals surface area contributed by atoms with Crippen LogP contribution in [0, 0.1) is 0 Å². The summed E-state index contributed by atoms with van der Waals surface area (Å²) in [6, 6.07) is 5.93. The maximum Gasteiger partial charge on any atom is 0.125 e. The predicted octanol–water partition coefficient (Wildman–Crippen LogP) is 4.03. The standard InChI is InChI=1S/C13H8BrN3S/c14-11-4-10(6-16-7-11)13-17-12(8-18-13)9-2-1-3-15-5-9/h1-8H. The average Bonchev–Trinajstić information content (AvgIpc) is 2.89. The lowest BCUT2D eigenvalue weighted by atomic mass is 10.2. The zero-order valence-electron chi connectivity index (χ0n) is 9.25. The monoisotopic (exact) mass is 317 g/mol. The number of hydrogen-bond donors (Lipinski definition) is 0. The van der Waals surface area contributed by atoms with Gasteiger partial charge in [-0.3, -0.25) is 9.97 Å². The van der Waals surface area contributed by atoms with Crippen LogP contribution < -0.4 is 0 Å². The molecule has 0 aliphatic carbocycles. The van der Waals surface area contributed by atoms with E-state index in [0.29, 0.717) is 0 Å². The molecule has 3 nitrogen and oxygen atoms in total. The lowest BCUT2D eigenvalue weighted by Crippen LogP contribution is -1.81. The molecule has 0 saturated carbocycles. The molecule has 0 radical (unpaired) electrons. The molecule has 3 rings (SSSR count). The Hall–Kier alpha value is -1.59. The molecule has 0 aliphatic rings. The van der Waals surface area contributed by atoms with E-state index in [4.69, 9.17) is 0 Å². The van der Waals surface area contributed by atoms with E-state index >= 15 is 0 Å². The van der Waals surface area contributed by atoms with Gasteiger partial charge in [0, 0.05) is 45.8 Å². The highest BCUT2D eigenvalue weighted by molar-refractivity contribution is 9.10. The van der Waals surface area contributed by atoms with Crippen molar-refractivity contribution in [1.82, 2.24) is 15.0 Å². The maximum atomic E-state index is 4.61. The van der Waals surface area contributed by atoms with Gasteiger partial charge in [0.15, 0.2) is 0 Å². The Balaban J connectivity index is 2.00. The number of nitrogens with zero attached hydrogens (tertiary/aromatic N) is 3. The largest absolute Gasteiger partial charge is 0.264 e. The Bertz CT molecular complexity index is 667. The first-order chi connectivity index (χ1) is 8.83. The molecule has 0 fully saturated rings. The van der Waals surface area contributed by atoms with E-state index < -0.39 is 0 Å². The van der Waals surface area contributed by atoms with Gasteiger partial charge < -0.3 is 0 Å². The summed E-state index contributed by atoms with van der Waals surface area (Å²) in [7, 11) is 0. The second-order valence-electron chi connectivity index (χ2n) is 3.67. The highest BCUT2D eigenvalue weighted by Crippen LogP contribution is 2.29. The van der Waals surface area contributed by atoms with Gasteiger partial charge in [0.25, 0.3) is 0 Å². The van der Waals surface area contributed by atoms with E-state index in [1.807, 2.05) is 36.0 Å². The van der Waals surface area contributed by atoms with Crippen molar-refractivity contribution in [2.75, 3.05) is 0 Å². The molecule has 88 valence electrons. The molecule has 3 aromatic rings. The van der Waals surface area contributed by atoms with Crippen LogP contribution in [-0.4, -0.2) is 15.0 Å². The average molecular weight is 318 g/mol. The molecule has 18 heavy (non-hydrogen) atoms. The van der Waals surface area contributed by atoms with Crippen LogP contribution in [0.1, 0.15) is 0 Å². The minimum absolute atomic E-state index is 0.947. The van der Waals surface area contributed by atoms with Gasteiger partial charge in [0.05, 0.1) is 5.69 Å². The van der Waals surface area contributed by atoms with Crippen LogP contribution in [0.2, 0.25) is 0 Å². The van der Waals surface area contributed by atoms with E-state index in [9.17, 15) is 0 Å². The van der Waals surface area contributed by atoms with Crippen molar-refractivity contribution in [3.63, 3.8) is 0 Å².